The van der Waals surface area contributed by atoms with E-state index in [4.69, 9.17) is 11.6 Å². The van der Waals surface area contributed by atoms with Gasteiger partial charge < -0.3 is 5.32 Å². The fraction of sp³-hybridized carbons (Fsp3) is 0.455. The van der Waals surface area contributed by atoms with E-state index in [1.54, 1.807) is 6.07 Å². The summed E-state index contributed by atoms with van der Waals surface area (Å²) in [5, 5.41) is 2.92. The van der Waals surface area contributed by atoms with Crippen molar-refractivity contribution in [1.82, 2.24) is 10.3 Å². The van der Waals surface area contributed by atoms with Crippen LogP contribution in [0.3, 0.4) is 0 Å². The number of hydrogen-bond acceptors (Lipinski definition) is 4. The molecule has 1 aliphatic heterocycles. The van der Waals surface area contributed by atoms with Crippen LogP contribution in [0.4, 0.5) is 0 Å². The molecule has 2 heterocycles. The number of aromatic nitrogens is 1. The number of amides is 1. The molecule has 0 bridgehead atoms. The smallest absolute Gasteiger partial charge is 0.254 e. The first-order chi connectivity index (χ1) is 8.87. The molecule has 19 heavy (non-hydrogen) atoms. The number of carbonyl (C=O) groups is 1. The summed E-state index contributed by atoms with van der Waals surface area (Å²) < 4.78 is 23.3. The molecule has 1 saturated heterocycles. The van der Waals surface area contributed by atoms with Crippen molar-refractivity contribution in [2.24, 2.45) is 0 Å². The van der Waals surface area contributed by atoms with Crippen LogP contribution in [0, 0.1) is 0 Å². The monoisotopic (exact) mass is 366 g/mol. The van der Waals surface area contributed by atoms with Crippen molar-refractivity contribution in [3.8, 4) is 0 Å². The van der Waals surface area contributed by atoms with E-state index in [2.05, 4.69) is 26.2 Å². The maximum atomic E-state index is 12.0. The lowest BCUT2D eigenvalue weighted by atomic mass is 10.1. The van der Waals surface area contributed by atoms with Crippen molar-refractivity contribution in [3.05, 3.63) is 27.5 Å². The SMILES string of the molecule is O=C(NC1CCS(=O)(=O)CC1)c1cc(Br)cnc1Cl. The molecule has 2 rings (SSSR count). The highest BCUT2D eigenvalue weighted by Gasteiger charge is 2.25. The molecule has 0 atom stereocenters. The van der Waals surface area contributed by atoms with Gasteiger partial charge >= 0.3 is 0 Å². The largest absolute Gasteiger partial charge is 0.349 e. The predicted molar refractivity (Wildman–Crippen MR) is 76.1 cm³/mol. The Hall–Kier alpha value is -0.660. The Morgan fingerprint density at radius 3 is 2.68 bits per heavy atom. The zero-order valence-electron chi connectivity index (χ0n) is 9.90. The molecule has 1 aliphatic rings. The van der Waals surface area contributed by atoms with Crippen molar-refractivity contribution >= 4 is 43.3 Å². The summed E-state index contributed by atoms with van der Waals surface area (Å²) in [4.78, 5) is 15.9. The summed E-state index contributed by atoms with van der Waals surface area (Å²) in [7, 11) is -2.93. The average Bonchev–Trinajstić information content (AvgIpc) is 2.35. The molecule has 1 amide bonds. The molecule has 1 N–H and O–H groups in total. The second-order valence-corrected chi connectivity index (χ2v) is 7.97. The van der Waals surface area contributed by atoms with E-state index < -0.39 is 9.84 Å². The van der Waals surface area contributed by atoms with E-state index in [0.29, 0.717) is 17.3 Å². The molecule has 0 saturated carbocycles. The van der Waals surface area contributed by atoms with Gasteiger partial charge in [-0.1, -0.05) is 11.6 Å². The van der Waals surface area contributed by atoms with Crippen LogP contribution in [0.5, 0.6) is 0 Å². The van der Waals surface area contributed by atoms with Gasteiger partial charge in [-0.25, -0.2) is 13.4 Å². The van der Waals surface area contributed by atoms with Gasteiger partial charge in [0.1, 0.15) is 15.0 Å². The number of rotatable bonds is 2. The van der Waals surface area contributed by atoms with Crippen LogP contribution >= 0.6 is 27.5 Å². The van der Waals surface area contributed by atoms with E-state index in [9.17, 15) is 13.2 Å². The zero-order chi connectivity index (χ0) is 14.0. The first-order valence-corrected chi connectivity index (χ1v) is 8.69. The minimum Gasteiger partial charge on any atom is -0.349 e. The lowest BCUT2D eigenvalue weighted by Gasteiger charge is -2.23. The maximum Gasteiger partial charge on any atom is 0.254 e. The third-order valence-corrected chi connectivity index (χ3v) is 5.39. The lowest BCUT2D eigenvalue weighted by molar-refractivity contribution is 0.0934. The quantitative estimate of drug-likeness (QED) is 0.809. The molecule has 5 nitrogen and oxygen atoms in total. The Morgan fingerprint density at radius 1 is 1.42 bits per heavy atom. The van der Waals surface area contributed by atoms with Crippen molar-refractivity contribution in [2.75, 3.05) is 11.5 Å². The van der Waals surface area contributed by atoms with Gasteiger partial charge in [0.05, 0.1) is 17.1 Å². The van der Waals surface area contributed by atoms with E-state index in [-0.39, 0.29) is 34.2 Å². The summed E-state index contributed by atoms with van der Waals surface area (Å²) in [5.41, 5.74) is 0.282. The van der Waals surface area contributed by atoms with E-state index in [1.165, 1.54) is 6.20 Å². The van der Waals surface area contributed by atoms with Crippen molar-refractivity contribution in [3.63, 3.8) is 0 Å². The average molecular weight is 368 g/mol. The van der Waals surface area contributed by atoms with Gasteiger partial charge in [0, 0.05) is 16.7 Å². The first-order valence-electron chi connectivity index (χ1n) is 5.70. The summed E-state index contributed by atoms with van der Waals surface area (Å²) in [5.74, 6) is -0.103. The molecule has 0 spiro atoms. The molecule has 0 aliphatic carbocycles. The first kappa shape index (κ1) is 14.7. The molecular weight excluding hydrogens is 356 g/mol. The molecule has 8 heteroatoms. The number of halogens is 2. The van der Waals surface area contributed by atoms with Gasteiger partial charge in [-0.3, -0.25) is 4.79 Å². The van der Waals surface area contributed by atoms with Gasteiger partial charge in [-0.05, 0) is 34.8 Å². The van der Waals surface area contributed by atoms with Crippen LogP contribution in [-0.2, 0) is 9.84 Å². The van der Waals surface area contributed by atoms with E-state index in [0.717, 1.165) is 0 Å². The Balaban J connectivity index is 2.04. The Morgan fingerprint density at radius 2 is 2.05 bits per heavy atom. The zero-order valence-corrected chi connectivity index (χ0v) is 13.1. The third kappa shape index (κ3) is 3.90. The summed E-state index contributed by atoms with van der Waals surface area (Å²) in [6.45, 7) is 0. The van der Waals surface area contributed by atoms with E-state index in [1.807, 2.05) is 0 Å². The van der Waals surface area contributed by atoms with Crippen LogP contribution in [0.25, 0.3) is 0 Å². The van der Waals surface area contributed by atoms with Crippen LogP contribution in [0.2, 0.25) is 5.15 Å². The normalized spacial score (nSPS) is 19.1. The number of pyridine rings is 1. The third-order valence-electron chi connectivity index (χ3n) is 2.94. The Kier molecular flexibility index (Phi) is 4.47. The highest BCUT2D eigenvalue weighted by molar-refractivity contribution is 9.10. The molecule has 1 aromatic heterocycles. The fourth-order valence-corrected chi connectivity index (χ4v) is 3.89. The van der Waals surface area contributed by atoms with Gasteiger partial charge in [-0.15, -0.1) is 0 Å². The summed E-state index contributed by atoms with van der Waals surface area (Å²) >= 11 is 9.09. The number of hydrogen-bond donors (Lipinski definition) is 1. The number of nitrogens with one attached hydrogen (secondary N) is 1. The number of sulfone groups is 1. The second-order valence-electron chi connectivity index (χ2n) is 4.39. The van der Waals surface area contributed by atoms with Crippen molar-refractivity contribution in [2.45, 2.75) is 18.9 Å². The minimum atomic E-state index is -2.93. The molecule has 0 unspecified atom stereocenters. The molecule has 1 fully saturated rings. The second kappa shape index (κ2) is 5.76. The van der Waals surface area contributed by atoms with Gasteiger partial charge in [0.25, 0.3) is 5.91 Å². The fourth-order valence-electron chi connectivity index (χ4n) is 1.88. The van der Waals surface area contributed by atoms with Crippen molar-refractivity contribution in [1.29, 1.82) is 0 Å². The van der Waals surface area contributed by atoms with Crippen LogP contribution < -0.4 is 5.32 Å². The molecule has 0 aromatic carbocycles. The van der Waals surface area contributed by atoms with Gasteiger partial charge in [0.2, 0.25) is 0 Å². The summed E-state index contributed by atoms with van der Waals surface area (Å²) in [6, 6.07) is 1.45. The number of nitrogens with zero attached hydrogens (tertiary/aromatic N) is 1. The van der Waals surface area contributed by atoms with Crippen LogP contribution in [0.1, 0.15) is 23.2 Å². The Bertz CT molecular complexity index is 592. The minimum absolute atomic E-state index is 0.114. The van der Waals surface area contributed by atoms with Gasteiger partial charge in [-0.2, -0.15) is 0 Å². The van der Waals surface area contributed by atoms with Crippen LogP contribution in [0.15, 0.2) is 16.7 Å². The van der Waals surface area contributed by atoms with Crippen LogP contribution in [-0.4, -0.2) is 36.9 Å². The molecule has 0 radical (unpaired) electrons. The van der Waals surface area contributed by atoms with Gasteiger partial charge in [0.15, 0.2) is 0 Å². The van der Waals surface area contributed by atoms with Crippen molar-refractivity contribution < 1.29 is 13.2 Å². The Labute approximate surface area is 124 Å². The maximum absolute atomic E-state index is 12.0. The molecule has 1 aromatic rings. The standard InChI is InChI=1S/C11H12BrClN2O3S/c12-7-5-9(10(13)14-6-7)11(16)15-8-1-3-19(17,18)4-2-8/h5-6,8H,1-4H2,(H,15,16). The topological polar surface area (TPSA) is 76.1 Å². The molecular formula is C11H12BrClN2O3S. The highest BCUT2D eigenvalue weighted by atomic mass is 79.9. The lowest BCUT2D eigenvalue weighted by Crippen LogP contribution is -2.41. The highest BCUT2D eigenvalue weighted by Crippen LogP contribution is 2.19. The predicted octanol–water partition coefficient (Wildman–Crippen LogP) is 1.80. The summed E-state index contributed by atoms with van der Waals surface area (Å²) in [6.07, 6.45) is 2.38. The van der Waals surface area contributed by atoms with E-state index >= 15 is 0 Å². The molecule has 104 valence electrons. The number of carbonyl (C=O) groups excluding carboxylic acids is 1.